The number of aryl methyl sites for hydroxylation is 1. The minimum absolute atomic E-state index is 0.0124. The Balaban J connectivity index is 1.47. The molecule has 1 aromatic heterocycles. The SMILES string of the molecule is Cc1ccccc1Oc1cc(NC(=O)c2ccc(COc3ccc(Br)cc3Cl)o2)cc([N+](=O)[O-])c1. The van der Waals surface area contributed by atoms with Crippen LogP contribution in [0.25, 0.3) is 0 Å². The average molecular weight is 558 g/mol. The van der Waals surface area contributed by atoms with Gasteiger partial charge in [0.1, 0.15) is 29.6 Å². The molecular formula is C25H18BrClN2O6. The first-order chi connectivity index (χ1) is 16.8. The van der Waals surface area contributed by atoms with Crippen LogP contribution in [-0.2, 0) is 6.61 Å². The van der Waals surface area contributed by atoms with E-state index in [1.165, 1.54) is 24.3 Å². The van der Waals surface area contributed by atoms with Crippen molar-refractivity contribution in [2.45, 2.75) is 13.5 Å². The smallest absolute Gasteiger partial charge is 0.291 e. The van der Waals surface area contributed by atoms with E-state index in [1.54, 1.807) is 36.4 Å². The number of amides is 1. The maximum absolute atomic E-state index is 12.7. The number of non-ortho nitro benzene ring substituents is 1. The lowest BCUT2D eigenvalue weighted by Crippen LogP contribution is -2.11. The fourth-order valence-electron chi connectivity index (χ4n) is 3.13. The van der Waals surface area contributed by atoms with Gasteiger partial charge in [0, 0.05) is 16.6 Å². The first-order valence-electron chi connectivity index (χ1n) is 10.3. The van der Waals surface area contributed by atoms with E-state index < -0.39 is 10.8 Å². The largest absolute Gasteiger partial charge is 0.484 e. The van der Waals surface area contributed by atoms with Crippen LogP contribution in [0.4, 0.5) is 11.4 Å². The zero-order valence-corrected chi connectivity index (χ0v) is 20.6. The number of hydrogen-bond acceptors (Lipinski definition) is 6. The quantitative estimate of drug-likeness (QED) is 0.177. The highest BCUT2D eigenvalue weighted by Gasteiger charge is 2.17. The lowest BCUT2D eigenvalue weighted by atomic mass is 10.2. The maximum Gasteiger partial charge on any atom is 0.291 e. The highest BCUT2D eigenvalue weighted by molar-refractivity contribution is 9.10. The lowest BCUT2D eigenvalue weighted by Gasteiger charge is -2.10. The molecule has 4 rings (SSSR count). The minimum atomic E-state index is -0.583. The van der Waals surface area contributed by atoms with Crippen molar-refractivity contribution in [3.63, 3.8) is 0 Å². The molecule has 1 heterocycles. The van der Waals surface area contributed by atoms with Crippen molar-refractivity contribution in [2.24, 2.45) is 0 Å². The van der Waals surface area contributed by atoms with E-state index in [0.717, 1.165) is 10.0 Å². The van der Waals surface area contributed by atoms with Crippen molar-refractivity contribution >= 4 is 44.8 Å². The second kappa shape index (κ2) is 10.6. The van der Waals surface area contributed by atoms with Crippen LogP contribution in [0.5, 0.6) is 17.2 Å². The van der Waals surface area contributed by atoms with Gasteiger partial charge in [0.15, 0.2) is 5.76 Å². The van der Waals surface area contributed by atoms with Crippen LogP contribution < -0.4 is 14.8 Å². The number of para-hydroxylation sites is 1. The van der Waals surface area contributed by atoms with Crippen molar-refractivity contribution in [1.82, 2.24) is 0 Å². The molecule has 0 saturated carbocycles. The number of anilines is 1. The van der Waals surface area contributed by atoms with Crippen molar-refractivity contribution in [1.29, 1.82) is 0 Å². The highest BCUT2D eigenvalue weighted by Crippen LogP contribution is 2.32. The molecule has 0 aliphatic rings. The number of benzene rings is 3. The van der Waals surface area contributed by atoms with E-state index in [-0.39, 0.29) is 29.5 Å². The Morgan fingerprint density at radius 3 is 2.63 bits per heavy atom. The molecule has 4 aromatic rings. The van der Waals surface area contributed by atoms with Crippen LogP contribution in [0.15, 0.2) is 81.7 Å². The van der Waals surface area contributed by atoms with Gasteiger partial charge in [0.25, 0.3) is 11.6 Å². The topological polar surface area (TPSA) is 104 Å². The Hall–Kier alpha value is -3.82. The molecule has 1 N–H and O–H groups in total. The molecule has 0 saturated heterocycles. The highest BCUT2D eigenvalue weighted by atomic mass is 79.9. The first kappa shape index (κ1) is 24.3. The molecule has 0 aliphatic carbocycles. The van der Waals surface area contributed by atoms with Crippen LogP contribution >= 0.6 is 27.5 Å². The zero-order valence-electron chi connectivity index (χ0n) is 18.3. The van der Waals surface area contributed by atoms with Gasteiger partial charge in [-0.15, -0.1) is 0 Å². The number of halogens is 2. The predicted octanol–water partition coefficient (Wildman–Crippen LogP) is 7.54. The molecule has 0 atom stereocenters. The van der Waals surface area contributed by atoms with Gasteiger partial charge in [-0.3, -0.25) is 14.9 Å². The number of nitro groups is 1. The summed E-state index contributed by atoms with van der Waals surface area (Å²) in [5.74, 6) is 1.06. The van der Waals surface area contributed by atoms with Crippen molar-refractivity contribution in [3.05, 3.63) is 109 Å². The Labute approximate surface area is 213 Å². The summed E-state index contributed by atoms with van der Waals surface area (Å²) in [7, 11) is 0. The van der Waals surface area contributed by atoms with Crippen molar-refractivity contribution in [2.75, 3.05) is 5.32 Å². The third-order valence-corrected chi connectivity index (χ3v) is 5.62. The second-order valence-corrected chi connectivity index (χ2v) is 8.75. The van der Waals surface area contributed by atoms with E-state index in [4.69, 9.17) is 25.5 Å². The van der Waals surface area contributed by atoms with Crippen LogP contribution in [0.1, 0.15) is 21.9 Å². The van der Waals surface area contributed by atoms with Gasteiger partial charge in [-0.2, -0.15) is 0 Å². The molecular weight excluding hydrogens is 540 g/mol. The van der Waals surface area contributed by atoms with Crippen LogP contribution in [0.3, 0.4) is 0 Å². The van der Waals surface area contributed by atoms with E-state index in [1.807, 2.05) is 19.1 Å². The van der Waals surface area contributed by atoms with Crippen LogP contribution in [0, 0.1) is 17.0 Å². The van der Waals surface area contributed by atoms with Gasteiger partial charge in [0.05, 0.1) is 21.7 Å². The molecule has 0 unspecified atom stereocenters. The van der Waals surface area contributed by atoms with Gasteiger partial charge < -0.3 is 19.2 Å². The molecule has 35 heavy (non-hydrogen) atoms. The second-order valence-electron chi connectivity index (χ2n) is 7.42. The van der Waals surface area contributed by atoms with Crippen LogP contribution in [-0.4, -0.2) is 10.8 Å². The summed E-state index contributed by atoms with van der Waals surface area (Å²) in [6.07, 6.45) is 0. The Morgan fingerprint density at radius 2 is 1.89 bits per heavy atom. The zero-order chi connectivity index (χ0) is 24.9. The minimum Gasteiger partial charge on any atom is -0.484 e. The molecule has 0 bridgehead atoms. The van der Waals surface area contributed by atoms with E-state index in [0.29, 0.717) is 22.3 Å². The third-order valence-electron chi connectivity index (χ3n) is 4.83. The third kappa shape index (κ3) is 6.20. The van der Waals surface area contributed by atoms with Gasteiger partial charge >= 0.3 is 0 Å². The number of nitrogens with zero attached hydrogens (tertiary/aromatic N) is 1. The average Bonchev–Trinajstić information content (AvgIpc) is 3.29. The predicted molar refractivity (Wildman–Crippen MR) is 134 cm³/mol. The molecule has 8 nitrogen and oxygen atoms in total. The van der Waals surface area contributed by atoms with Crippen molar-refractivity contribution < 1.29 is 23.6 Å². The van der Waals surface area contributed by atoms with Gasteiger partial charge in [0.2, 0.25) is 0 Å². The number of carbonyl (C=O) groups is 1. The number of furan rings is 1. The Bertz CT molecular complexity index is 1400. The normalized spacial score (nSPS) is 10.6. The summed E-state index contributed by atoms with van der Waals surface area (Å²) >= 11 is 9.47. The fourth-order valence-corrected chi connectivity index (χ4v) is 3.86. The molecule has 10 heteroatoms. The summed E-state index contributed by atoms with van der Waals surface area (Å²) in [6.45, 7) is 1.91. The summed E-state index contributed by atoms with van der Waals surface area (Å²) in [4.78, 5) is 23.6. The summed E-state index contributed by atoms with van der Waals surface area (Å²) in [6, 6.07) is 19.6. The van der Waals surface area contributed by atoms with E-state index >= 15 is 0 Å². The Morgan fingerprint density at radius 1 is 1.09 bits per heavy atom. The molecule has 0 spiro atoms. The number of hydrogen-bond donors (Lipinski definition) is 1. The molecule has 1 amide bonds. The number of rotatable bonds is 8. The molecule has 0 aliphatic heterocycles. The molecule has 178 valence electrons. The molecule has 3 aromatic carbocycles. The molecule has 0 fully saturated rings. The monoisotopic (exact) mass is 556 g/mol. The summed E-state index contributed by atoms with van der Waals surface area (Å²) in [5, 5.41) is 14.4. The van der Waals surface area contributed by atoms with Crippen molar-refractivity contribution in [3.8, 4) is 17.2 Å². The van der Waals surface area contributed by atoms with E-state index in [2.05, 4.69) is 21.2 Å². The van der Waals surface area contributed by atoms with Crippen LogP contribution in [0.2, 0.25) is 5.02 Å². The fraction of sp³-hybridized carbons (Fsp3) is 0.0800. The number of carbonyl (C=O) groups excluding carboxylic acids is 1. The number of nitrogens with one attached hydrogen (secondary N) is 1. The van der Waals surface area contributed by atoms with Gasteiger partial charge in [-0.25, -0.2) is 0 Å². The summed E-state index contributed by atoms with van der Waals surface area (Å²) in [5.41, 5.74) is 0.814. The number of ether oxygens (including phenoxy) is 2. The van der Waals surface area contributed by atoms with Gasteiger partial charge in [-0.1, -0.05) is 45.7 Å². The first-order valence-corrected chi connectivity index (χ1v) is 11.5. The number of nitro benzene ring substituents is 1. The van der Waals surface area contributed by atoms with E-state index in [9.17, 15) is 14.9 Å². The molecule has 0 radical (unpaired) electrons. The standard InChI is InChI=1S/C25H18BrClN2O6/c1-15-4-2-3-5-22(15)35-20-12-17(11-18(13-20)29(31)32)28-25(30)24-9-7-19(34-24)14-33-23-8-6-16(26)10-21(23)27/h2-13H,14H2,1H3,(H,28,30). The maximum atomic E-state index is 12.7. The summed E-state index contributed by atoms with van der Waals surface area (Å²) < 4.78 is 17.8. The Kier molecular flexibility index (Phi) is 7.38. The van der Waals surface area contributed by atoms with Gasteiger partial charge in [-0.05, 0) is 48.9 Å². The lowest BCUT2D eigenvalue weighted by molar-refractivity contribution is -0.384.